The van der Waals surface area contributed by atoms with Gasteiger partial charge in [0.2, 0.25) is 17.7 Å². The van der Waals surface area contributed by atoms with Gasteiger partial charge in [-0.25, -0.2) is 18.0 Å². The molecule has 3 amide bonds. The summed E-state index contributed by atoms with van der Waals surface area (Å²) < 4.78 is 35.0. The minimum atomic E-state index is -3.86. The fraction of sp³-hybridized carbons (Fsp3) is 0.567. The van der Waals surface area contributed by atoms with Crippen molar-refractivity contribution in [1.29, 1.82) is 0 Å². The highest BCUT2D eigenvalue weighted by atomic mass is 33.1. The van der Waals surface area contributed by atoms with Crippen LogP contribution in [-0.2, 0) is 43.3 Å². The standard InChI is InChI=1S/C30H40N6O9S4/c1-29(2)22(36-25(39)21(26(36)48-29)34-24(38)20(32)17-7-5-4-6-8-17)27(40)44-11-13-46-47-14-12-45-28(41)23-30(3,16-33-10-9-31)49(42,43)19-15-18(37)35(19)23/h4-10,19-23,26,33H,11-16,31-32H2,1-3H3,(H,34,38)/b10-9-/t19-,20?,21+,22?,23+,26+,30-/m0/s1. The van der Waals surface area contributed by atoms with Crippen LogP contribution < -0.4 is 22.1 Å². The van der Waals surface area contributed by atoms with E-state index in [9.17, 15) is 32.4 Å². The number of carbonyl (C=O) groups excluding carboxylic acids is 5. The third-order valence-electron chi connectivity index (χ3n) is 9.01. The average Bonchev–Trinajstić information content (AvgIpc) is 3.40. The van der Waals surface area contributed by atoms with Crippen LogP contribution in [0.5, 0.6) is 0 Å². The highest BCUT2D eigenvalue weighted by molar-refractivity contribution is 8.76. The number of carbonyl (C=O) groups is 5. The molecule has 0 radical (unpaired) electrons. The Kier molecular flexibility index (Phi) is 11.1. The molecule has 0 saturated carbocycles. The van der Waals surface area contributed by atoms with E-state index in [1.165, 1.54) is 57.6 Å². The number of hydrogen-bond donors (Lipinski definition) is 4. The van der Waals surface area contributed by atoms with Gasteiger partial charge in [-0.15, -0.1) is 11.8 Å². The Balaban J connectivity index is 1.03. The Morgan fingerprint density at radius 1 is 1.04 bits per heavy atom. The molecule has 268 valence electrons. The van der Waals surface area contributed by atoms with E-state index in [1.807, 2.05) is 19.9 Å². The summed E-state index contributed by atoms with van der Waals surface area (Å²) in [5, 5.41) is 4.04. The van der Waals surface area contributed by atoms with Crippen molar-refractivity contribution in [2.45, 2.75) is 71.6 Å². The van der Waals surface area contributed by atoms with Gasteiger partial charge in [0.15, 0.2) is 15.9 Å². The van der Waals surface area contributed by atoms with Gasteiger partial charge in [0.1, 0.15) is 46.8 Å². The van der Waals surface area contributed by atoms with Gasteiger partial charge in [-0.1, -0.05) is 51.9 Å². The van der Waals surface area contributed by atoms with Crippen molar-refractivity contribution in [3.05, 3.63) is 48.3 Å². The molecular weight excluding hydrogens is 717 g/mol. The second-order valence-corrected chi connectivity index (χ2v) is 19.6. The summed E-state index contributed by atoms with van der Waals surface area (Å²) in [6, 6.07) is 5.00. The molecule has 15 nitrogen and oxygen atoms in total. The van der Waals surface area contributed by atoms with Crippen LogP contribution >= 0.6 is 33.3 Å². The first-order valence-corrected chi connectivity index (χ1v) is 20.4. The quantitative estimate of drug-likeness (QED) is 0.0791. The van der Waals surface area contributed by atoms with Crippen molar-refractivity contribution in [2.75, 3.05) is 31.3 Å². The second kappa shape index (κ2) is 14.6. The number of β-lactam (4-membered cyclic amide) rings is 2. The smallest absolute Gasteiger partial charge is 0.330 e. The molecule has 0 spiro atoms. The number of thioether (sulfide) groups is 1. The van der Waals surface area contributed by atoms with E-state index in [2.05, 4.69) is 10.6 Å². The lowest BCUT2D eigenvalue weighted by atomic mass is 9.95. The summed E-state index contributed by atoms with van der Waals surface area (Å²) in [7, 11) is -1.10. The summed E-state index contributed by atoms with van der Waals surface area (Å²) in [5.74, 6) is -1.82. The maximum absolute atomic E-state index is 13.2. The van der Waals surface area contributed by atoms with Gasteiger partial charge in [-0.3, -0.25) is 14.4 Å². The molecule has 1 aromatic rings. The van der Waals surface area contributed by atoms with E-state index in [0.29, 0.717) is 17.1 Å². The number of fused-ring (bicyclic) bond motifs is 2. The van der Waals surface area contributed by atoms with Crippen LogP contribution in [0.25, 0.3) is 0 Å². The Bertz CT molecular complexity index is 1610. The first-order valence-electron chi connectivity index (χ1n) is 15.5. The lowest BCUT2D eigenvalue weighted by Gasteiger charge is -2.44. The van der Waals surface area contributed by atoms with Gasteiger partial charge in [-0.05, 0) is 26.3 Å². The summed E-state index contributed by atoms with van der Waals surface area (Å²) >= 11 is 1.42. The number of ether oxygens (including phenoxy) is 2. The van der Waals surface area contributed by atoms with E-state index in [-0.39, 0.29) is 32.1 Å². The SMILES string of the molecule is CC1(C)S[C@@H]2[C@H](NC(=O)C(N)c3ccccc3)C(=O)N2C1C(=O)OCCSSCCOC(=O)[C@H]1N2C(=O)C[C@@H]2S(=O)(=O)[C@@]1(C)CN/C=C\N. The lowest BCUT2D eigenvalue weighted by Crippen LogP contribution is -2.71. The maximum Gasteiger partial charge on any atom is 0.330 e. The number of benzene rings is 1. The molecule has 0 aliphatic carbocycles. The molecular formula is C30H40N6O9S4. The molecule has 6 N–H and O–H groups in total. The van der Waals surface area contributed by atoms with E-state index >= 15 is 0 Å². The third-order valence-corrected chi connectivity index (χ3v) is 15.7. The number of sulfone groups is 1. The van der Waals surface area contributed by atoms with Gasteiger partial charge in [0.05, 0.1) is 6.42 Å². The van der Waals surface area contributed by atoms with Crippen molar-refractivity contribution in [3.8, 4) is 0 Å². The molecule has 19 heteroatoms. The number of nitrogens with zero attached hydrogens (tertiary/aromatic N) is 2. The Morgan fingerprint density at radius 3 is 2.24 bits per heavy atom. The van der Waals surface area contributed by atoms with Crippen molar-refractivity contribution < 1.29 is 41.9 Å². The Labute approximate surface area is 296 Å². The molecule has 1 aromatic carbocycles. The van der Waals surface area contributed by atoms with Crippen LogP contribution in [-0.4, -0.2) is 118 Å². The zero-order valence-electron chi connectivity index (χ0n) is 27.1. The zero-order chi connectivity index (χ0) is 35.7. The van der Waals surface area contributed by atoms with Crippen LogP contribution in [0.2, 0.25) is 0 Å². The first kappa shape index (κ1) is 37.1. The predicted octanol–water partition coefficient (Wildman–Crippen LogP) is -0.165. The fourth-order valence-electron chi connectivity index (χ4n) is 6.43. The summed E-state index contributed by atoms with van der Waals surface area (Å²) in [4.78, 5) is 66.9. The van der Waals surface area contributed by atoms with Crippen LogP contribution in [0.1, 0.15) is 38.8 Å². The van der Waals surface area contributed by atoms with E-state index in [4.69, 9.17) is 20.9 Å². The molecule has 4 heterocycles. The average molecular weight is 757 g/mol. The number of hydrogen-bond acceptors (Lipinski definition) is 15. The molecule has 4 aliphatic rings. The minimum absolute atomic E-state index is 0.0222. The largest absolute Gasteiger partial charge is 0.463 e. The summed E-state index contributed by atoms with van der Waals surface area (Å²) in [6.07, 6.45) is 2.40. The van der Waals surface area contributed by atoms with E-state index in [1.54, 1.807) is 24.3 Å². The number of amides is 3. The molecule has 4 fully saturated rings. The third kappa shape index (κ3) is 6.83. The monoisotopic (exact) mass is 756 g/mol. The molecule has 7 atom stereocenters. The van der Waals surface area contributed by atoms with E-state index < -0.39 is 78.0 Å². The van der Waals surface area contributed by atoms with Crippen molar-refractivity contribution in [1.82, 2.24) is 20.4 Å². The molecule has 4 saturated heterocycles. The van der Waals surface area contributed by atoms with Crippen LogP contribution in [0.3, 0.4) is 0 Å². The number of rotatable bonds is 15. The normalized spacial score (nSPS) is 29.8. The van der Waals surface area contributed by atoms with Gasteiger partial charge in [-0.2, -0.15) is 0 Å². The van der Waals surface area contributed by atoms with E-state index in [0.717, 1.165) is 4.90 Å². The molecule has 0 bridgehead atoms. The van der Waals surface area contributed by atoms with Gasteiger partial charge < -0.3 is 41.4 Å². The van der Waals surface area contributed by atoms with Crippen molar-refractivity contribution in [3.63, 3.8) is 0 Å². The summed E-state index contributed by atoms with van der Waals surface area (Å²) in [6.45, 7) is 5.05. The topological polar surface area (TPSA) is 221 Å². The van der Waals surface area contributed by atoms with Crippen LogP contribution in [0.4, 0.5) is 0 Å². The maximum atomic E-state index is 13.2. The molecule has 2 unspecified atom stereocenters. The minimum Gasteiger partial charge on any atom is -0.463 e. The summed E-state index contributed by atoms with van der Waals surface area (Å²) in [5.41, 5.74) is 12.1. The Morgan fingerprint density at radius 2 is 1.65 bits per heavy atom. The lowest BCUT2D eigenvalue weighted by molar-refractivity contribution is -0.164. The first-order chi connectivity index (χ1) is 23.2. The number of esters is 2. The molecule has 0 aromatic heterocycles. The zero-order valence-corrected chi connectivity index (χ0v) is 30.4. The van der Waals surface area contributed by atoms with Crippen LogP contribution in [0, 0.1) is 0 Å². The molecule has 49 heavy (non-hydrogen) atoms. The van der Waals surface area contributed by atoms with Crippen molar-refractivity contribution in [2.24, 2.45) is 11.5 Å². The Hall–Kier alpha value is -3.13. The van der Waals surface area contributed by atoms with Gasteiger partial charge in [0.25, 0.3) is 0 Å². The predicted molar refractivity (Wildman–Crippen MR) is 186 cm³/mol. The highest BCUT2D eigenvalue weighted by Crippen LogP contribution is 2.51. The fourth-order valence-corrected chi connectivity index (χ4v) is 12.0. The molecule has 4 aliphatic heterocycles. The molecule has 5 rings (SSSR count). The van der Waals surface area contributed by atoms with Crippen molar-refractivity contribution >= 4 is 72.8 Å². The van der Waals surface area contributed by atoms with Gasteiger partial charge in [0, 0.05) is 35.2 Å². The number of nitrogens with one attached hydrogen (secondary N) is 2. The van der Waals surface area contributed by atoms with Gasteiger partial charge >= 0.3 is 11.9 Å². The number of nitrogens with two attached hydrogens (primary N) is 2. The highest BCUT2D eigenvalue weighted by Gasteiger charge is 2.70. The van der Waals surface area contributed by atoms with Crippen LogP contribution in [0.15, 0.2) is 42.7 Å². The second-order valence-electron chi connectivity index (χ2n) is 12.6.